The summed E-state index contributed by atoms with van der Waals surface area (Å²) in [7, 11) is 0. The Hall–Kier alpha value is -1.83. The van der Waals surface area contributed by atoms with Gasteiger partial charge >= 0.3 is 0 Å². The molecule has 5 saturated heterocycles. The van der Waals surface area contributed by atoms with E-state index in [-0.39, 0.29) is 18.7 Å². The van der Waals surface area contributed by atoms with Gasteiger partial charge in [0, 0.05) is 24.7 Å². The average molecular weight is 1420 g/mol. The Morgan fingerprint density at radius 1 is 0.459 bits per heavy atom. The van der Waals surface area contributed by atoms with Gasteiger partial charge in [-0.05, 0) is 19.3 Å². The van der Waals surface area contributed by atoms with E-state index in [1.54, 1.807) is 6.08 Å². The number of ether oxygens (including phenoxy) is 10. The van der Waals surface area contributed by atoms with Crippen molar-refractivity contribution in [2.75, 3.05) is 39.6 Å². The van der Waals surface area contributed by atoms with Gasteiger partial charge in [0.05, 0.1) is 70.1 Å². The molecule has 5 aliphatic heterocycles. The van der Waals surface area contributed by atoms with Crippen LogP contribution in [0.4, 0.5) is 0 Å². The minimum atomic E-state index is -2.10. The number of amides is 1. The van der Waals surface area contributed by atoms with E-state index < -0.39 is 211 Å². The van der Waals surface area contributed by atoms with Crippen LogP contribution in [0.1, 0.15) is 214 Å². The third-order valence-electron chi connectivity index (χ3n) is 20.1. The van der Waals surface area contributed by atoms with Gasteiger partial charge in [0.2, 0.25) is 5.91 Å². The maximum absolute atomic E-state index is 13.5. The van der Waals surface area contributed by atoms with Gasteiger partial charge < -0.3 is 134 Å². The number of carbonyl (C=O) groups excluding carboxylic acids is 1. The van der Waals surface area contributed by atoms with Crippen molar-refractivity contribution < 1.29 is 134 Å². The largest absolute Gasteiger partial charge is 0.394 e. The van der Waals surface area contributed by atoms with Crippen molar-refractivity contribution in [3.05, 3.63) is 12.2 Å². The van der Waals surface area contributed by atoms with Crippen LogP contribution in [0.5, 0.6) is 0 Å². The molecule has 5 rings (SSSR count). The van der Waals surface area contributed by atoms with Crippen molar-refractivity contribution in [1.29, 1.82) is 0 Å². The van der Waals surface area contributed by atoms with Crippen LogP contribution in [0, 0.1) is 11.8 Å². The average Bonchev–Trinajstić information content (AvgIpc) is 0.789. The number of hydrogen-bond acceptors (Lipinski definition) is 27. The molecule has 0 aromatic carbocycles. The number of aliphatic hydroxyl groups is 16. The van der Waals surface area contributed by atoms with Gasteiger partial charge in [-0.1, -0.05) is 194 Å². The second kappa shape index (κ2) is 47.6. The van der Waals surface area contributed by atoms with Gasteiger partial charge in [0.25, 0.3) is 0 Å². The highest BCUT2D eigenvalue weighted by atomic mass is 16.8. The molecule has 0 saturated carbocycles. The van der Waals surface area contributed by atoms with Crippen LogP contribution in [0.2, 0.25) is 0 Å². The van der Waals surface area contributed by atoms with Crippen molar-refractivity contribution in [3.8, 4) is 0 Å². The maximum Gasteiger partial charge on any atom is 0.220 e. The zero-order valence-electron chi connectivity index (χ0n) is 58.7. The summed E-state index contributed by atoms with van der Waals surface area (Å²) in [6.45, 7) is 2.54. The zero-order valence-corrected chi connectivity index (χ0v) is 58.7. The Labute approximate surface area is 580 Å². The molecule has 0 bridgehead atoms. The van der Waals surface area contributed by atoms with E-state index in [1.807, 2.05) is 6.08 Å². The predicted molar refractivity (Wildman–Crippen MR) is 355 cm³/mol. The van der Waals surface area contributed by atoms with E-state index in [9.17, 15) is 86.5 Å². The quantitative estimate of drug-likeness (QED) is 0.0305. The standard InChI is InChI=1S/C70H129NO27/c1-5-7-9-11-13-15-17-19-20-22-24-26-28-30-32-34-52(80)71-44(45(77)33-31-29-27-25-23-21-18-16-14-12-10-8-6-2)41-89-68-60(87)58(85)64(50(39-75)92-68)97-70-61(88)66(95-53-35-46(78)42(3)62(94-53)54(81)47(79)36-72)65(51(40-76)93-70)98-67-43(4)63(56(83)49(38-74)90-67)96-69-59(86)57(84)55(82)48(37-73)91-69/h31,33,42-51,53-70,72-79,81-88H,5-30,32,34-41H2,1-4H3,(H,71,80)/b33-31+/t42-,43?,44+,45-,46-,47-,48?,49?,50?,51?,53?,54-,55+,56+,57+,58-,59?,60?,61?,62?,63-,64-,65+,66-,67+,68-,69+,70+/m1/s1. The Morgan fingerprint density at radius 3 is 1.45 bits per heavy atom. The number of allylic oxidation sites excluding steroid dienone is 1. The van der Waals surface area contributed by atoms with Gasteiger partial charge in [-0.15, -0.1) is 0 Å². The summed E-state index contributed by atoms with van der Waals surface area (Å²) < 4.78 is 60.8. The first-order valence-electron chi connectivity index (χ1n) is 37.2. The molecule has 0 aromatic rings. The number of hydrogen-bond donors (Lipinski definition) is 17. The molecule has 0 spiro atoms. The SMILES string of the molecule is CCCCCCCCCCCCC/C=C/[C@@H](O)[C@H](CO[C@@H]1OC(CO)[C@@H](O[C@@H]2OC(CO)[C@H](O[C@@H]3OC(CO)[C@H](O)[C@H](O[C@@H]4OC(CO)[C@H](O)[C@H](O)C4O)C3C)[C@H](OC3C[C@@H](O)[C@@H](C)C([C@H](O)[C@H](O)CO)O3)C2O)[C@H](O)C1O)NC(=O)CCCCCCCCCCCCCCCCC. The first-order valence-corrected chi connectivity index (χ1v) is 37.2. The van der Waals surface area contributed by atoms with E-state index in [4.69, 9.17) is 47.4 Å². The molecule has 98 heavy (non-hydrogen) atoms. The fourth-order valence-corrected chi connectivity index (χ4v) is 13.7. The molecular formula is C70H129NO27. The lowest BCUT2D eigenvalue weighted by atomic mass is 9.87. The molecule has 0 aromatic heterocycles. The van der Waals surface area contributed by atoms with Gasteiger partial charge in [0.1, 0.15) is 97.7 Å². The number of carbonyl (C=O) groups is 1. The zero-order chi connectivity index (χ0) is 71.7. The van der Waals surface area contributed by atoms with E-state index in [1.165, 1.54) is 129 Å². The Bertz CT molecular complexity index is 2090. The summed E-state index contributed by atoms with van der Waals surface area (Å²) >= 11 is 0. The summed E-state index contributed by atoms with van der Waals surface area (Å²) in [5, 5.41) is 178. The van der Waals surface area contributed by atoms with E-state index in [2.05, 4.69) is 19.2 Å². The second-order valence-corrected chi connectivity index (χ2v) is 28.0. The number of unbranched alkanes of at least 4 members (excludes halogenated alkanes) is 25. The van der Waals surface area contributed by atoms with Crippen molar-refractivity contribution >= 4 is 5.91 Å². The third-order valence-corrected chi connectivity index (χ3v) is 20.1. The fraction of sp³-hybridized carbons (Fsp3) is 0.957. The van der Waals surface area contributed by atoms with Crippen molar-refractivity contribution in [1.82, 2.24) is 5.32 Å². The molecule has 0 aliphatic carbocycles. The lowest BCUT2D eigenvalue weighted by molar-refractivity contribution is -0.396. The molecule has 5 aliphatic rings. The van der Waals surface area contributed by atoms with Crippen LogP contribution in [0.15, 0.2) is 12.2 Å². The van der Waals surface area contributed by atoms with Gasteiger partial charge in [0.15, 0.2) is 31.5 Å². The van der Waals surface area contributed by atoms with Crippen LogP contribution in [0.25, 0.3) is 0 Å². The van der Waals surface area contributed by atoms with Crippen molar-refractivity contribution in [2.45, 2.75) is 373 Å². The lowest BCUT2D eigenvalue weighted by Crippen LogP contribution is -2.67. The molecule has 0 radical (unpaired) electrons. The smallest absolute Gasteiger partial charge is 0.220 e. The number of nitrogens with one attached hydrogen (secondary N) is 1. The second-order valence-electron chi connectivity index (χ2n) is 28.0. The number of aliphatic hydroxyl groups excluding tert-OH is 16. The minimum Gasteiger partial charge on any atom is -0.394 e. The Kier molecular flexibility index (Phi) is 42.2. The first kappa shape index (κ1) is 86.8. The topological polar surface area (TPSA) is 445 Å². The fourth-order valence-electron chi connectivity index (χ4n) is 13.7. The summed E-state index contributed by atoms with van der Waals surface area (Å²) in [4.78, 5) is 13.5. The molecule has 5 heterocycles. The summed E-state index contributed by atoms with van der Waals surface area (Å²) in [6, 6.07) is -1.05. The molecule has 1 amide bonds. The lowest BCUT2D eigenvalue weighted by Gasteiger charge is -2.51. The van der Waals surface area contributed by atoms with E-state index >= 15 is 0 Å². The molecule has 28 nitrogen and oxygen atoms in total. The van der Waals surface area contributed by atoms with E-state index in [0.717, 1.165) is 44.9 Å². The normalized spacial score (nSPS) is 36.1. The highest BCUT2D eigenvalue weighted by Crippen LogP contribution is 2.39. The monoisotopic (exact) mass is 1420 g/mol. The molecule has 10 unspecified atom stereocenters. The predicted octanol–water partition coefficient (Wildman–Crippen LogP) is 1.77. The minimum absolute atomic E-state index is 0.195. The van der Waals surface area contributed by atoms with Crippen LogP contribution >= 0.6 is 0 Å². The van der Waals surface area contributed by atoms with E-state index in [0.29, 0.717) is 12.8 Å². The summed E-state index contributed by atoms with van der Waals surface area (Å²) in [5.74, 6) is -2.36. The summed E-state index contributed by atoms with van der Waals surface area (Å²) in [5.41, 5.74) is 0. The Balaban J connectivity index is 1.28. The molecule has 28 atom stereocenters. The highest BCUT2D eigenvalue weighted by Gasteiger charge is 2.57. The Morgan fingerprint density at radius 2 is 0.908 bits per heavy atom. The van der Waals surface area contributed by atoms with Crippen LogP contribution in [-0.2, 0) is 52.2 Å². The molecule has 17 N–H and O–H groups in total. The van der Waals surface area contributed by atoms with Crippen LogP contribution < -0.4 is 5.32 Å². The molecule has 576 valence electrons. The van der Waals surface area contributed by atoms with Crippen molar-refractivity contribution in [2.24, 2.45) is 11.8 Å². The molecular weight excluding hydrogens is 1290 g/mol. The highest BCUT2D eigenvalue weighted by molar-refractivity contribution is 5.76. The third kappa shape index (κ3) is 27.3. The van der Waals surface area contributed by atoms with Crippen molar-refractivity contribution in [3.63, 3.8) is 0 Å². The van der Waals surface area contributed by atoms with Crippen LogP contribution in [-0.4, -0.2) is 287 Å². The van der Waals surface area contributed by atoms with Gasteiger partial charge in [-0.3, -0.25) is 4.79 Å². The number of rotatable bonds is 49. The van der Waals surface area contributed by atoms with Gasteiger partial charge in [-0.25, -0.2) is 0 Å². The molecule has 28 heteroatoms. The first-order chi connectivity index (χ1) is 47.2. The summed E-state index contributed by atoms with van der Waals surface area (Å²) in [6.07, 6.45) is -7.81. The van der Waals surface area contributed by atoms with Crippen LogP contribution in [0.3, 0.4) is 0 Å². The molecule has 5 fully saturated rings. The van der Waals surface area contributed by atoms with Gasteiger partial charge in [-0.2, -0.15) is 0 Å². The maximum atomic E-state index is 13.5.